The molecule has 0 spiro atoms. The van der Waals surface area contributed by atoms with Crippen molar-refractivity contribution in [3.8, 4) is 0 Å². The number of benzene rings is 1. The van der Waals surface area contributed by atoms with Crippen molar-refractivity contribution in [3.63, 3.8) is 0 Å². The van der Waals surface area contributed by atoms with Gasteiger partial charge in [0.25, 0.3) is 11.8 Å². The molecule has 0 radical (unpaired) electrons. The summed E-state index contributed by atoms with van der Waals surface area (Å²) >= 11 is 1.48. The van der Waals surface area contributed by atoms with Gasteiger partial charge in [-0.3, -0.25) is 14.6 Å². The molecule has 0 atom stereocenters. The van der Waals surface area contributed by atoms with Crippen LogP contribution in [-0.4, -0.2) is 29.9 Å². The van der Waals surface area contributed by atoms with Gasteiger partial charge < -0.3 is 10.2 Å². The minimum atomic E-state index is -0.0874. The van der Waals surface area contributed by atoms with Crippen molar-refractivity contribution in [2.75, 3.05) is 18.0 Å². The number of fused-ring (bicyclic) bond motifs is 1. The summed E-state index contributed by atoms with van der Waals surface area (Å²) in [7, 11) is 0. The third-order valence-electron chi connectivity index (χ3n) is 4.58. The van der Waals surface area contributed by atoms with E-state index in [1.165, 1.54) is 11.3 Å². The van der Waals surface area contributed by atoms with Crippen LogP contribution in [0.3, 0.4) is 0 Å². The molecule has 2 amide bonds. The van der Waals surface area contributed by atoms with E-state index in [2.05, 4.69) is 10.3 Å². The van der Waals surface area contributed by atoms with Crippen molar-refractivity contribution in [2.45, 2.75) is 12.8 Å². The molecule has 1 N–H and O–H groups in total. The molecule has 1 aromatic carbocycles. The summed E-state index contributed by atoms with van der Waals surface area (Å²) in [5, 5.41) is 2.96. The number of carbonyl (C=O) groups is 2. The fourth-order valence-electron chi connectivity index (χ4n) is 3.18. The summed E-state index contributed by atoms with van der Waals surface area (Å²) in [4.78, 5) is 32.7. The molecule has 3 heterocycles. The van der Waals surface area contributed by atoms with Gasteiger partial charge in [0, 0.05) is 42.3 Å². The van der Waals surface area contributed by atoms with E-state index in [1.807, 2.05) is 48.5 Å². The molecule has 1 aliphatic heterocycles. The number of anilines is 1. The van der Waals surface area contributed by atoms with Gasteiger partial charge in [0.15, 0.2) is 0 Å². The van der Waals surface area contributed by atoms with E-state index in [9.17, 15) is 9.59 Å². The first-order valence-corrected chi connectivity index (χ1v) is 9.71. The van der Waals surface area contributed by atoms with Gasteiger partial charge in [0.05, 0.1) is 10.6 Å². The van der Waals surface area contributed by atoms with Crippen molar-refractivity contribution in [2.24, 2.45) is 0 Å². The molecule has 2 aromatic heterocycles. The zero-order chi connectivity index (χ0) is 18.6. The van der Waals surface area contributed by atoms with Crippen LogP contribution in [0.15, 0.2) is 60.9 Å². The topological polar surface area (TPSA) is 62.3 Å². The van der Waals surface area contributed by atoms with Crippen molar-refractivity contribution in [1.29, 1.82) is 0 Å². The second-order valence-corrected chi connectivity index (χ2v) is 7.49. The van der Waals surface area contributed by atoms with Crippen LogP contribution in [0.1, 0.15) is 30.5 Å². The fraction of sp³-hybridized carbons (Fsp3) is 0.190. The molecule has 3 aromatic rings. The van der Waals surface area contributed by atoms with Crippen LogP contribution < -0.4 is 10.2 Å². The van der Waals surface area contributed by atoms with Crippen LogP contribution in [0, 0.1) is 0 Å². The van der Waals surface area contributed by atoms with Crippen molar-refractivity contribution in [3.05, 3.63) is 81.8 Å². The first kappa shape index (κ1) is 17.4. The third-order valence-corrected chi connectivity index (χ3v) is 5.76. The Morgan fingerprint density at radius 1 is 1.11 bits per heavy atom. The third kappa shape index (κ3) is 3.75. The molecule has 136 valence electrons. The zero-order valence-corrected chi connectivity index (χ0v) is 15.5. The van der Waals surface area contributed by atoms with Crippen LogP contribution in [0.4, 0.5) is 5.69 Å². The number of amides is 2. The number of carbonyl (C=O) groups excluding carboxylic acids is 2. The SMILES string of the molecule is O=C(NCCc1ccncc1)c1cc2c(s1)CCN2C(=O)c1ccccc1. The molecule has 1 aliphatic rings. The lowest BCUT2D eigenvalue weighted by molar-refractivity contribution is 0.0955. The van der Waals surface area contributed by atoms with Gasteiger partial charge in [0.2, 0.25) is 0 Å². The molecule has 6 heteroatoms. The van der Waals surface area contributed by atoms with E-state index < -0.39 is 0 Å². The quantitative estimate of drug-likeness (QED) is 0.742. The second-order valence-electron chi connectivity index (χ2n) is 6.35. The summed E-state index contributed by atoms with van der Waals surface area (Å²) in [6, 6.07) is 15.0. The molecule has 4 rings (SSSR count). The zero-order valence-electron chi connectivity index (χ0n) is 14.7. The Kier molecular flexibility index (Phi) is 4.98. The predicted molar refractivity (Wildman–Crippen MR) is 106 cm³/mol. The standard InChI is InChI=1S/C21H19N3O2S/c25-20(23-12-8-15-6-10-22-11-7-15)19-14-17-18(27-19)9-13-24(17)21(26)16-4-2-1-3-5-16/h1-7,10-11,14H,8-9,12-13H2,(H,23,25). The van der Waals surface area contributed by atoms with Gasteiger partial charge in [-0.2, -0.15) is 0 Å². The number of pyridine rings is 1. The summed E-state index contributed by atoms with van der Waals surface area (Å²) < 4.78 is 0. The van der Waals surface area contributed by atoms with Gasteiger partial charge in [-0.15, -0.1) is 11.3 Å². The van der Waals surface area contributed by atoms with Gasteiger partial charge in [-0.25, -0.2) is 0 Å². The Labute approximate surface area is 161 Å². The number of hydrogen-bond donors (Lipinski definition) is 1. The van der Waals surface area contributed by atoms with E-state index in [0.29, 0.717) is 23.5 Å². The lowest BCUT2D eigenvalue weighted by Gasteiger charge is -2.16. The Hall–Kier alpha value is -2.99. The van der Waals surface area contributed by atoms with E-state index in [1.54, 1.807) is 17.3 Å². The molecular weight excluding hydrogens is 358 g/mol. The summed E-state index contributed by atoms with van der Waals surface area (Å²) in [6.45, 7) is 1.23. The molecule has 27 heavy (non-hydrogen) atoms. The average Bonchev–Trinajstić information content (AvgIpc) is 3.30. The van der Waals surface area contributed by atoms with E-state index in [4.69, 9.17) is 0 Å². The summed E-state index contributed by atoms with van der Waals surface area (Å²) in [6.07, 6.45) is 5.06. The van der Waals surface area contributed by atoms with Crippen LogP contribution in [-0.2, 0) is 12.8 Å². The maximum atomic E-state index is 12.7. The number of thiophene rings is 1. The number of aromatic nitrogens is 1. The molecule has 0 bridgehead atoms. The largest absolute Gasteiger partial charge is 0.351 e. The van der Waals surface area contributed by atoms with Gasteiger partial charge in [0.1, 0.15) is 0 Å². The molecule has 0 saturated heterocycles. The molecule has 0 unspecified atom stereocenters. The van der Waals surface area contributed by atoms with Crippen molar-refractivity contribution in [1.82, 2.24) is 10.3 Å². The molecule has 0 fully saturated rings. The summed E-state index contributed by atoms with van der Waals surface area (Å²) in [5.41, 5.74) is 2.67. The second kappa shape index (κ2) is 7.72. The van der Waals surface area contributed by atoms with Gasteiger partial charge in [-0.05, 0) is 42.3 Å². The predicted octanol–water partition coefficient (Wildman–Crippen LogP) is 3.32. The normalized spacial score (nSPS) is 12.7. The van der Waals surface area contributed by atoms with Gasteiger partial charge >= 0.3 is 0 Å². The maximum absolute atomic E-state index is 12.7. The first-order valence-electron chi connectivity index (χ1n) is 8.89. The Morgan fingerprint density at radius 3 is 2.67 bits per heavy atom. The van der Waals surface area contributed by atoms with Crippen LogP contribution in [0.2, 0.25) is 0 Å². The first-order chi connectivity index (χ1) is 13.2. The fourth-order valence-corrected chi connectivity index (χ4v) is 4.24. The molecule has 0 saturated carbocycles. The Morgan fingerprint density at radius 2 is 1.89 bits per heavy atom. The van der Waals surface area contributed by atoms with Crippen LogP contribution >= 0.6 is 11.3 Å². The van der Waals surface area contributed by atoms with E-state index in [0.717, 1.165) is 29.0 Å². The van der Waals surface area contributed by atoms with Crippen molar-refractivity contribution >= 4 is 28.8 Å². The minimum Gasteiger partial charge on any atom is -0.351 e. The Balaban J connectivity index is 1.41. The van der Waals surface area contributed by atoms with Crippen LogP contribution in [0.25, 0.3) is 0 Å². The smallest absolute Gasteiger partial charge is 0.261 e. The highest BCUT2D eigenvalue weighted by atomic mass is 32.1. The van der Waals surface area contributed by atoms with E-state index >= 15 is 0 Å². The highest BCUT2D eigenvalue weighted by molar-refractivity contribution is 7.14. The number of nitrogens with zero attached hydrogens (tertiary/aromatic N) is 2. The molecular formula is C21H19N3O2S. The highest BCUT2D eigenvalue weighted by Gasteiger charge is 2.29. The number of hydrogen-bond acceptors (Lipinski definition) is 4. The maximum Gasteiger partial charge on any atom is 0.261 e. The van der Waals surface area contributed by atoms with Crippen molar-refractivity contribution < 1.29 is 9.59 Å². The Bertz CT molecular complexity index is 954. The number of nitrogens with one attached hydrogen (secondary N) is 1. The van der Waals surface area contributed by atoms with E-state index in [-0.39, 0.29) is 11.8 Å². The molecule has 0 aliphatic carbocycles. The lowest BCUT2D eigenvalue weighted by Crippen LogP contribution is -2.29. The van der Waals surface area contributed by atoms with Crippen LogP contribution in [0.5, 0.6) is 0 Å². The summed E-state index contributed by atoms with van der Waals surface area (Å²) in [5.74, 6) is -0.104. The average molecular weight is 377 g/mol. The number of rotatable bonds is 5. The highest BCUT2D eigenvalue weighted by Crippen LogP contribution is 2.36. The molecule has 5 nitrogen and oxygen atoms in total. The van der Waals surface area contributed by atoms with Gasteiger partial charge in [-0.1, -0.05) is 18.2 Å². The minimum absolute atomic E-state index is 0.0169. The monoisotopic (exact) mass is 377 g/mol. The lowest BCUT2D eigenvalue weighted by atomic mass is 10.2.